The fourth-order valence-corrected chi connectivity index (χ4v) is 1.94. The molecule has 22 heavy (non-hydrogen) atoms. The van der Waals surface area contributed by atoms with E-state index in [4.69, 9.17) is 14.2 Å². The summed E-state index contributed by atoms with van der Waals surface area (Å²) in [6, 6.07) is 5.59. The number of carbonyl (C=O) groups excluding carboxylic acids is 1. The number of hydrogen-bond acceptors (Lipinski definition) is 4. The zero-order valence-electron chi connectivity index (χ0n) is 13.6. The van der Waals surface area contributed by atoms with Crippen LogP contribution in [0.2, 0.25) is 0 Å². The second kappa shape index (κ2) is 10.7. The standard InChI is InChI=1S/C16H26N2O4/c1-4-22-11-5-9-17-16(19)18-10-8-13-6-7-14(20-2)15(12-13)21-3/h6-7,12H,4-5,8-11H2,1-3H3,(H2,17,18,19). The van der Waals surface area contributed by atoms with E-state index in [-0.39, 0.29) is 6.03 Å². The van der Waals surface area contributed by atoms with Gasteiger partial charge < -0.3 is 24.8 Å². The number of urea groups is 1. The summed E-state index contributed by atoms with van der Waals surface area (Å²) >= 11 is 0. The Balaban J connectivity index is 2.24. The second-order valence-corrected chi connectivity index (χ2v) is 4.67. The largest absolute Gasteiger partial charge is 0.493 e. The molecule has 0 aliphatic rings. The molecule has 0 heterocycles. The van der Waals surface area contributed by atoms with Crippen LogP contribution in [0.1, 0.15) is 18.9 Å². The molecular formula is C16H26N2O4. The fraction of sp³-hybridized carbons (Fsp3) is 0.562. The van der Waals surface area contributed by atoms with Crippen molar-refractivity contribution in [1.82, 2.24) is 10.6 Å². The predicted octanol–water partition coefficient (Wildman–Crippen LogP) is 1.97. The summed E-state index contributed by atoms with van der Waals surface area (Å²) in [6.45, 7) is 4.50. The average Bonchev–Trinajstić information content (AvgIpc) is 2.54. The summed E-state index contributed by atoms with van der Waals surface area (Å²) in [7, 11) is 3.21. The van der Waals surface area contributed by atoms with Crippen LogP contribution >= 0.6 is 0 Å². The molecule has 0 fully saturated rings. The van der Waals surface area contributed by atoms with Gasteiger partial charge in [0.1, 0.15) is 0 Å². The van der Waals surface area contributed by atoms with Gasteiger partial charge in [-0.1, -0.05) is 6.07 Å². The third-order valence-corrected chi connectivity index (χ3v) is 3.10. The van der Waals surface area contributed by atoms with E-state index >= 15 is 0 Å². The minimum absolute atomic E-state index is 0.156. The van der Waals surface area contributed by atoms with Crippen molar-refractivity contribution >= 4 is 6.03 Å². The van der Waals surface area contributed by atoms with Crippen molar-refractivity contribution in [1.29, 1.82) is 0 Å². The van der Waals surface area contributed by atoms with Gasteiger partial charge in [0.2, 0.25) is 0 Å². The number of amides is 2. The summed E-state index contributed by atoms with van der Waals surface area (Å²) in [5.74, 6) is 1.40. The molecule has 0 saturated carbocycles. The van der Waals surface area contributed by atoms with E-state index < -0.39 is 0 Å². The van der Waals surface area contributed by atoms with E-state index in [0.717, 1.165) is 18.4 Å². The lowest BCUT2D eigenvalue weighted by Crippen LogP contribution is -2.37. The van der Waals surface area contributed by atoms with Crippen LogP contribution in [0, 0.1) is 0 Å². The first-order chi connectivity index (χ1) is 10.7. The Labute approximate surface area is 132 Å². The van der Waals surface area contributed by atoms with Crippen molar-refractivity contribution in [2.45, 2.75) is 19.8 Å². The maximum Gasteiger partial charge on any atom is 0.314 e. The smallest absolute Gasteiger partial charge is 0.314 e. The van der Waals surface area contributed by atoms with Gasteiger partial charge in [-0.05, 0) is 37.5 Å². The zero-order chi connectivity index (χ0) is 16.2. The fourth-order valence-electron chi connectivity index (χ4n) is 1.94. The van der Waals surface area contributed by atoms with Gasteiger partial charge in [0, 0.05) is 26.3 Å². The van der Waals surface area contributed by atoms with E-state index in [2.05, 4.69) is 10.6 Å². The Hall–Kier alpha value is -1.95. The van der Waals surface area contributed by atoms with Crippen LogP contribution in [0.5, 0.6) is 11.5 Å². The van der Waals surface area contributed by atoms with E-state index in [0.29, 0.717) is 37.8 Å². The molecule has 0 radical (unpaired) electrons. The van der Waals surface area contributed by atoms with Gasteiger partial charge in [0.15, 0.2) is 11.5 Å². The molecule has 0 aliphatic carbocycles. The number of carbonyl (C=O) groups is 1. The molecule has 1 aromatic carbocycles. The van der Waals surface area contributed by atoms with Crippen LogP contribution in [-0.4, -0.2) is 46.6 Å². The Morgan fingerprint density at radius 2 is 1.82 bits per heavy atom. The Bertz CT molecular complexity index is 452. The van der Waals surface area contributed by atoms with E-state index in [1.54, 1.807) is 14.2 Å². The SMILES string of the molecule is CCOCCCNC(=O)NCCc1ccc(OC)c(OC)c1. The first-order valence-electron chi connectivity index (χ1n) is 7.51. The van der Waals surface area contributed by atoms with Crippen molar-refractivity contribution in [2.24, 2.45) is 0 Å². The molecule has 0 unspecified atom stereocenters. The highest BCUT2D eigenvalue weighted by Gasteiger charge is 2.05. The molecule has 0 spiro atoms. The Kier molecular flexibility index (Phi) is 8.83. The minimum atomic E-state index is -0.156. The number of hydrogen-bond donors (Lipinski definition) is 2. The molecule has 1 rings (SSSR count). The van der Waals surface area contributed by atoms with E-state index in [1.807, 2.05) is 25.1 Å². The monoisotopic (exact) mass is 310 g/mol. The summed E-state index contributed by atoms with van der Waals surface area (Å²) in [5.41, 5.74) is 1.08. The first-order valence-corrected chi connectivity index (χ1v) is 7.51. The lowest BCUT2D eigenvalue weighted by molar-refractivity contribution is 0.145. The molecule has 1 aromatic rings. The number of nitrogens with one attached hydrogen (secondary N) is 2. The van der Waals surface area contributed by atoms with Crippen molar-refractivity contribution < 1.29 is 19.0 Å². The highest BCUT2D eigenvalue weighted by molar-refractivity contribution is 5.73. The molecule has 124 valence electrons. The normalized spacial score (nSPS) is 10.1. The number of rotatable bonds is 10. The third kappa shape index (κ3) is 6.67. The lowest BCUT2D eigenvalue weighted by atomic mass is 10.1. The van der Waals surface area contributed by atoms with Crippen LogP contribution in [0.15, 0.2) is 18.2 Å². The third-order valence-electron chi connectivity index (χ3n) is 3.10. The summed E-state index contributed by atoms with van der Waals surface area (Å²) in [5, 5.41) is 5.62. The highest BCUT2D eigenvalue weighted by atomic mass is 16.5. The van der Waals surface area contributed by atoms with Crippen LogP contribution in [0.3, 0.4) is 0 Å². The number of benzene rings is 1. The molecule has 6 heteroatoms. The van der Waals surface area contributed by atoms with Gasteiger partial charge in [0.05, 0.1) is 14.2 Å². The van der Waals surface area contributed by atoms with E-state index in [9.17, 15) is 4.79 Å². The summed E-state index contributed by atoms with van der Waals surface area (Å²) in [6.07, 6.45) is 1.55. The first kappa shape index (κ1) is 18.1. The Morgan fingerprint density at radius 1 is 1.09 bits per heavy atom. The van der Waals surface area contributed by atoms with Crippen molar-refractivity contribution in [3.05, 3.63) is 23.8 Å². The molecule has 0 aromatic heterocycles. The van der Waals surface area contributed by atoms with Crippen molar-refractivity contribution in [3.63, 3.8) is 0 Å². The van der Waals surface area contributed by atoms with Gasteiger partial charge in [-0.25, -0.2) is 4.79 Å². The molecule has 6 nitrogen and oxygen atoms in total. The maximum atomic E-state index is 11.6. The molecule has 0 aliphatic heterocycles. The maximum absolute atomic E-state index is 11.6. The van der Waals surface area contributed by atoms with E-state index in [1.165, 1.54) is 0 Å². The predicted molar refractivity (Wildman–Crippen MR) is 85.8 cm³/mol. The van der Waals surface area contributed by atoms with Gasteiger partial charge in [-0.3, -0.25) is 0 Å². The molecule has 0 bridgehead atoms. The van der Waals surface area contributed by atoms with Gasteiger partial charge in [0.25, 0.3) is 0 Å². The van der Waals surface area contributed by atoms with Crippen molar-refractivity contribution in [3.8, 4) is 11.5 Å². The van der Waals surface area contributed by atoms with Gasteiger partial charge >= 0.3 is 6.03 Å². The molecule has 2 amide bonds. The van der Waals surface area contributed by atoms with Crippen LogP contribution in [-0.2, 0) is 11.2 Å². The molecule has 0 atom stereocenters. The van der Waals surface area contributed by atoms with Crippen LogP contribution in [0.25, 0.3) is 0 Å². The minimum Gasteiger partial charge on any atom is -0.493 e. The van der Waals surface area contributed by atoms with Gasteiger partial charge in [-0.15, -0.1) is 0 Å². The lowest BCUT2D eigenvalue weighted by Gasteiger charge is -2.10. The molecule has 2 N–H and O–H groups in total. The molecule has 0 saturated heterocycles. The van der Waals surface area contributed by atoms with Crippen molar-refractivity contribution in [2.75, 3.05) is 40.5 Å². The van der Waals surface area contributed by atoms with Crippen LogP contribution < -0.4 is 20.1 Å². The topological polar surface area (TPSA) is 68.8 Å². The van der Waals surface area contributed by atoms with Crippen LogP contribution in [0.4, 0.5) is 4.79 Å². The second-order valence-electron chi connectivity index (χ2n) is 4.67. The quantitative estimate of drug-likeness (QED) is 0.648. The Morgan fingerprint density at radius 3 is 2.50 bits per heavy atom. The number of ether oxygens (including phenoxy) is 3. The highest BCUT2D eigenvalue weighted by Crippen LogP contribution is 2.27. The zero-order valence-corrected chi connectivity index (χ0v) is 13.6. The molecular weight excluding hydrogens is 284 g/mol. The van der Waals surface area contributed by atoms with Gasteiger partial charge in [-0.2, -0.15) is 0 Å². The summed E-state index contributed by atoms with van der Waals surface area (Å²) in [4.78, 5) is 11.6. The summed E-state index contributed by atoms with van der Waals surface area (Å²) < 4.78 is 15.6. The number of methoxy groups -OCH3 is 2. The average molecular weight is 310 g/mol.